The van der Waals surface area contributed by atoms with Gasteiger partial charge in [0, 0.05) is 12.0 Å². The average Bonchev–Trinajstić information content (AvgIpc) is 2.29. The van der Waals surface area contributed by atoms with E-state index in [0.29, 0.717) is 11.9 Å². The zero-order valence-electron chi connectivity index (χ0n) is 10.9. The molecule has 0 N–H and O–H groups in total. The second kappa shape index (κ2) is 4.52. The summed E-state index contributed by atoms with van der Waals surface area (Å²) in [6.07, 6.45) is 1.99. The summed E-state index contributed by atoms with van der Waals surface area (Å²) in [5.41, 5.74) is 1.03. The lowest BCUT2D eigenvalue weighted by atomic mass is 9.84. The summed E-state index contributed by atoms with van der Waals surface area (Å²) in [6, 6.07) is 10.6. The maximum atomic E-state index is 12.4. The molecule has 0 radical (unpaired) electrons. The molecule has 1 amide bonds. The minimum Gasteiger partial charge on any atom is -0.335 e. The highest BCUT2D eigenvalue weighted by Crippen LogP contribution is 2.37. The van der Waals surface area contributed by atoms with Gasteiger partial charge in [-0.15, -0.1) is 0 Å². The van der Waals surface area contributed by atoms with Crippen LogP contribution in [0.15, 0.2) is 30.3 Å². The summed E-state index contributed by atoms with van der Waals surface area (Å²) in [4.78, 5) is 14.4. The Kier molecular flexibility index (Phi) is 3.23. The van der Waals surface area contributed by atoms with E-state index in [1.165, 1.54) is 5.56 Å². The van der Waals surface area contributed by atoms with Crippen molar-refractivity contribution in [2.75, 3.05) is 6.54 Å². The molecule has 17 heavy (non-hydrogen) atoms. The van der Waals surface area contributed by atoms with Crippen LogP contribution in [-0.2, 0) is 4.79 Å². The number of benzene rings is 1. The molecular formula is C15H21NO. The smallest absolute Gasteiger partial charge is 0.228 e. The Morgan fingerprint density at radius 3 is 2.47 bits per heavy atom. The Hall–Kier alpha value is -1.31. The van der Waals surface area contributed by atoms with Crippen LogP contribution in [0.3, 0.4) is 0 Å². The van der Waals surface area contributed by atoms with Crippen molar-refractivity contribution >= 4 is 5.91 Å². The molecule has 1 fully saturated rings. The lowest BCUT2D eigenvalue weighted by Gasteiger charge is -2.45. The van der Waals surface area contributed by atoms with E-state index in [1.54, 1.807) is 0 Å². The van der Waals surface area contributed by atoms with Gasteiger partial charge in [-0.3, -0.25) is 4.79 Å². The van der Waals surface area contributed by atoms with Crippen LogP contribution < -0.4 is 0 Å². The van der Waals surface area contributed by atoms with Crippen LogP contribution in [0.5, 0.6) is 0 Å². The lowest BCUT2D eigenvalue weighted by molar-refractivity contribution is -0.149. The number of carbonyl (C=O) groups excluding carboxylic acids is 1. The topological polar surface area (TPSA) is 20.3 Å². The Labute approximate surface area is 104 Å². The molecule has 1 aromatic carbocycles. The van der Waals surface area contributed by atoms with Crippen LogP contribution in [0.2, 0.25) is 0 Å². The number of hydrogen-bond donors (Lipinski definition) is 0. The van der Waals surface area contributed by atoms with Crippen molar-refractivity contribution in [2.24, 2.45) is 5.41 Å². The third-order valence-electron chi connectivity index (χ3n) is 3.93. The fourth-order valence-corrected chi connectivity index (χ4v) is 2.19. The van der Waals surface area contributed by atoms with Crippen molar-refractivity contribution < 1.29 is 4.79 Å². The number of nitrogens with zero attached hydrogens (tertiary/aromatic N) is 1. The fourth-order valence-electron chi connectivity index (χ4n) is 2.19. The highest BCUT2D eigenvalue weighted by atomic mass is 16.2. The summed E-state index contributed by atoms with van der Waals surface area (Å²) in [6.45, 7) is 7.06. The van der Waals surface area contributed by atoms with E-state index in [4.69, 9.17) is 0 Å². The first-order chi connectivity index (χ1) is 8.06. The van der Waals surface area contributed by atoms with Crippen molar-refractivity contribution in [3.63, 3.8) is 0 Å². The highest BCUT2D eigenvalue weighted by molar-refractivity contribution is 5.83. The van der Waals surface area contributed by atoms with Crippen molar-refractivity contribution in [3.8, 4) is 0 Å². The van der Waals surface area contributed by atoms with Gasteiger partial charge >= 0.3 is 0 Å². The first kappa shape index (κ1) is 12.2. The van der Waals surface area contributed by atoms with Gasteiger partial charge < -0.3 is 4.90 Å². The summed E-state index contributed by atoms with van der Waals surface area (Å²) in [7, 11) is 0. The molecule has 1 aromatic rings. The summed E-state index contributed by atoms with van der Waals surface area (Å²) < 4.78 is 0. The van der Waals surface area contributed by atoms with Crippen LogP contribution in [0.25, 0.3) is 0 Å². The number of amides is 1. The number of carbonyl (C=O) groups is 1. The Bertz CT molecular complexity index is 397. The SMILES string of the molecule is CCC(C)(C)C(=O)N1CC[C@H]1c1ccccc1. The minimum atomic E-state index is -0.229. The van der Waals surface area contributed by atoms with E-state index in [1.807, 2.05) is 36.9 Å². The maximum absolute atomic E-state index is 12.4. The van der Waals surface area contributed by atoms with E-state index < -0.39 is 0 Å². The molecule has 1 aliphatic heterocycles. The molecule has 0 aromatic heterocycles. The lowest BCUT2D eigenvalue weighted by Crippen LogP contribution is -2.50. The van der Waals surface area contributed by atoms with Gasteiger partial charge in [-0.2, -0.15) is 0 Å². The number of rotatable bonds is 3. The molecule has 1 atom stereocenters. The minimum absolute atomic E-state index is 0.229. The van der Waals surface area contributed by atoms with E-state index in [9.17, 15) is 4.79 Å². The zero-order valence-corrected chi connectivity index (χ0v) is 10.9. The summed E-state index contributed by atoms with van der Waals surface area (Å²) >= 11 is 0. The maximum Gasteiger partial charge on any atom is 0.228 e. The molecule has 0 spiro atoms. The summed E-state index contributed by atoms with van der Waals surface area (Å²) in [5, 5.41) is 0. The molecule has 1 heterocycles. The quantitative estimate of drug-likeness (QED) is 0.780. The van der Waals surface area contributed by atoms with Crippen molar-refractivity contribution in [2.45, 2.75) is 39.7 Å². The van der Waals surface area contributed by atoms with Gasteiger partial charge in [0.2, 0.25) is 5.91 Å². The Morgan fingerprint density at radius 2 is 2.00 bits per heavy atom. The molecule has 0 bridgehead atoms. The molecule has 0 unspecified atom stereocenters. The first-order valence-electron chi connectivity index (χ1n) is 6.42. The predicted molar refractivity (Wildman–Crippen MR) is 69.6 cm³/mol. The fraction of sp³-hybridized carbons (Fsp3) is 0.533. The van der Waals surface area contributed by atoms with Crippen molar-refractivity contribution in [1.82, 2.24) is 4.90 Å². The van der Waals surface area contributed by atoms with Crippen LogP contribution >= 0.6 is 0 Å². The van der Waals surface area contributed by atoms with Gasteiger partial charge in [-0.1, -0.05) is 51.1 Å². The molecule has 2 heteroatoms. The van der Waals surface area contributed by atoms with E-state index in [2.05, 4.69) is 19.1 Å². The zero-order chi connectivity index (χ0) is 12.5. The standard InChI is InChI=1S/C15H21NO/c1-4-15(2,3)14(17)16-11-10-13(16)12-8-6-5-7-9-12/h5-9,13H,4,10-11H2,1-3H3/t13-/m0/s1. The average molecular weight is 231 g/mol. The van der Waals surface area contributed by atoms with Crippen LogP contribution in [0, 0.1) is 5.41 Å². The van der Waals surface area contributed by atoms with Crippen molar-refractivity contribution in [3.05, 3.63) is 35.9 Å². The molecule has 1 aliphatic rings. The Balaban J connectivity index is 2.12. The van der Waals surface area contributed by atoms with Crippen LogP contribution in [0.4, 0.5) is 0 Å². The van der Waals surface area contributed by atoms with E-state index >= 15 is 0 Å². The first-order valence-corrected chi connectivity index (χ1v) is 6.42. The molecule has 0 saturated carbocycles. The third kappa shape index (κ3) is 2.21. The van der Waals surface area contributed by atoms with Gasteiger partial charge in [0.25, 0.3) is 0 Å². The van der Waals surface area contributed by atoms with Crippen LogP contribution in [0.1, 0.15) is 45.2 Å². The molecule has 1 saturated heterocycles. The molecule has 2 rings (SSSR count). The third-order valence-corrected chi connectivity index (χ3v) is 3.93. The Morgan fingerprint density at radius 1 is 1.35 bits per heavy atom. The van der Waals surface area contributed by atoms with Gasteiger partial charge in [0.15, 0.2) is 0 Å². The normalized spacial score (nSPS) is 19.9. The second-order valence-corrected chi connectivity index (χ2v) is 5.45. The molecule has 2 nitrogen and oxygen atoms in total. The van der Waals surface area contributed by atoms with Crippen molar-refractivity contribution in [1.29, 1.82) is 0 Å². The second-order valence-electron chi connectivity index (χ2n) is 5.45. The monoisotopic (exact) mass is 231 g/mol. The number of likely N-dealkylation sites (tertiary alicyclic amines) is 1. The van der Waals surface area contributed by atoms with Gasteiger partial charge in [0.1, 0.15) is 0 Å². The van der Waals surface area contributed by atoms with E-state index in [0.717, 1.165) is 19.4 Å². The summed E-state index contributed by atoms with van der Waals surface area (Å²) in [5.74, 6) is 0.292. The number of hydrogen-bond acceptors (Lipinski definition) is 1. The predicted octanol–water partition coefficient (Wildman–Crippen LogP) is 3.40. The largest absolute Gasteiger partial charge is 0.335 e. The van der Waals surface area contributed by atoms with Gasteiger partial charge in [-0.25, -0.2) is 0 Å². The van der Waals surface area contributed by atoms with Gasteiger partial charge in [0.05, 0.1) is 6.04 Å². The molecule has 0 aliphatic carbocycles. The highest BCUT2D eigenvalue weighted by Gasteiger charge is 2.39. The van der Waals surface area contributed by atoms with E-state index in [-0.39, 0.29) is 5.41 Å². The molecular weight excluding hydrogens is 210 g/mol. The van der Waals surface area contributed by atoms with Gasteiger partial charge in [-0.05, 0) is 18.4 Å². The van der Waals surface area contributed by atoms with Crippen LogP contribution in [-0.4, -0.2) is 17.4 Å². The molecule has 92 valence electrons.